The van der Waals surface area contributed by atoms with E-state index in [0.29, 0.717) is 0 Å². The average Bonchev–Trinajstić information content (AvgIpc) is 2.50. The molecule has 0 aromatic carbocycles. The van der Waals surface area contributed by atoms with Gasteiger partial charge in [-0.05, 0) is 38.9 Å². The van der Waals surface area contributed by atoms with E-state index in [1.54, 1.807) is 20.8 Å². The van der Waals surface area contributed by atoms with Gasteiger partial charge in [-0.3, -0.25) is 9.59 Å². The summed E-state index contributed by atoms with van der Waals surface area (Å²) in [5, 5.41) is 10.3. The molecular formula is C19H35IO7Si. The summed E-state index contributed by atoms with van der Waals surface area (Å²) in [6, 6.07) is 0. The molecule has 0 bridgehead atoms. The normalized spacial score (nSPS) is 29.3. The minimum Gasteiger partial charge on any atom is -0.463 e. The molecule has 5 atom stereocenters. The van der Waals surface area contributed by atoms with Crippen molar-refractivity contribution in [2.75, 3.05) is 6.61 Å². The molecule has 1 N–H and O–H groups in total. The molecule has 0 amide bonds. The summed E-state index contributed by atoms with van der Waals surface area (Å²) in [4.78, 5) is 23.9. The van der Waals surface area contributed by atoms with Gasteiger partial charge in [-0.1, -0.05) is 43.4 Å². The lowest BCUT2D eigenvalue weighted by Gasteiger charge is -2.47. The Morgan fingerprint density at radius 1 is 1.11 bits per heavy atom. The van der Waals surface area contributed by atoms with Crippen LogP contribution in [0.15, 0.2) is 0 Å². The van der Waals surface area contributed by atoms with Crippen LogP contribution in [0.4, 0.5) is 0 Å². The van der Waals surface area contributed by atoms with Crippen LogP contribution in [-0.2, 0) is 28.2 Å². The van der Waals surface area contributed by atoms with E-state index in [1.165, 1.54) is 6.92 Å². The van der Waals surface area contributed by atoms with Gasteiger partial charge < -0.3 is 23.7 Å². The third kappa shape index (κ3) is 6.65. The molecule has 28 heavy (non-hydrogen) atoms. The Hall–Kier alpha value is -0.233. The predicted octanol–water partition coefficient (Wildman–Crippen LogP) is 3.42. The molecule has 1 heterocycles. The SMILES string of the molecule is CC(=O)OC[C@H]1O[C@H](O)[C@H](I)[C@@H](O[Si](C)(C)C(C)(C)C)[C@@H]1OC(=O)C(C)(C)C. The maximum absolute atomic E-state index is 12.6. The zero-order valence-electron chi connectivity index (χ0n) is 18.4. The lowest BCUT2D eigenvalue weighted by atomic mass is 9.96. The van der Waals surface area contributed by atoms with Crippen LogP contribution in [0.2, 0.25) is 18.1 Å². The number of esters is 2. The quantitative estimate of drug-likeness (QED) is 0.252. The molecule has 0 saturated carbocycles. The maximum Gasteiger partial charge on any atom is 0.311 e. The number of ether oxygens (including phenoxy) is 3. The van der Waals surface area contributed by atoms with Crippen molar-refractivity contribution >= 4 is 42.8 Å². The molecule has 164 valence electrons. The second-order valence-electron chi connectivity index (χ2n) is 9.77. The van der Waals surface area contributed by atoms with E-state index in [0.717, 1.165) is 0 Å². The Labute approximate surface area is 183 Å². The van der Waals surface area contributed by atoms with Gasteiger partial charge >= 0.3 is 11.9 Å². The molecule has 1 fully saturated rings. The maximum atomic E-state index is 12.6. The summed E-state index contributed by atoms with van der Waals surface area (Å²) < 4.78 is 22.7. The zero-order valence-corrected chi connectivity index (χ0v) is 21.5. The molecule has 0 aromatic heterocycles. The van der Waals surface area contributed by atoms with Crippen molar-refractivity contribution in [2.24, 2.45) is 5.41 Å². The van der Waals surface area contributed by atoms with Crippen molar-refractivity contribution in [3.05, 3.63) is 0 Å². The van der Waals surface area contributed by atoms with Gasteiger partial charge in [0.05, 0.1) is 9.34 Å². The summed E-state index contributed by atoms with van der Waals surface area (Å²) in [6.45, 7) is 17.0. The third-order valence-electron chi connectivity index (χ3n) is 5.13. The minimum absolute atomic E-state index is 0.0728. The van der Waals surface area contributed by atoms with Gasteiger partial charge in [0.1, 0.15) is 18.8 Å². The molecular weight excluding hydrogens is 495 g/mol. The third-order valence-corrected chi connectivity index (χ3v) is 10.9. The molecule has 1 saturated heterocycles. The first-order valence-electron chi connectivity index (χ1n) is 9.47. The Bertz CT molecular complexity index is 568. The first-order valence-corrected chi connectivity index (χ1v) is 13.6. The Kier molecular flexibility index (Phi) is 8.55. The predicted molar refractivity (Wildman–Crippen MR) is 117 cm³/mol. The monoisotopic (exact) mass is 530 g/mol. The molecule has 0 aliphatic carbocycles. The van der Waals surface area contributed by atoms with Crippen molar-refractivity contribution in [1.82, 2.24) is 0 Å². The highest BCUT2D eigenvalue weighted by atomic mass is 127. The summed E-state index contributed by atoms with van der Waals surface area (Å²) in [6.07, 6.45) is -3.32. The van der Waals surface area contributed by atoms with E-state index >= 15 is 0 Å². The van der Waals surface area contributed by atoms with E-state index in [4.69, 9.17) is 18.6 Å². The summed E-state index contributed by atoms with van der Waals surface area (Å²) in [7, 11) is -2.25. The summed E-state index contributed by atoms with van der Waals surface area (Å²) in [5.41, 5.74) is -0.718. The summed E-state index contributed by atoms with van der Waals surface area (Å²) in [5.74, 6) is -0.879. The number of carbonyl (C=O) groups is 2. The van der Waals surface area contributed by atoms with Crippen molar-refractivity contribution in [2.45, 2.75) is 95.1 Å². The van der Waals surface area contributed by atoms with Crippen LogP contribution < -0.4 is 0 Å². The van der Waals surface area contributed by atoms with E-state index in [1.807, 2.05) is 0 Å². The Morgan fingerprint density at radius 3 is 2.07 bits per heavy atom. The van der Waals surface area contributed by atoms with Gasteiger partial charge in [0.15, 0.2) is 20.7 Å². The molecule has 0 aromatic rings. The van der Waals surface area contributed by atoms with Crippen molar-refractivity contribution in [3.8, 4) is 0 Å². The number of alkyl halides is 1. The van der Waals surface area contributed by atoms with Crippen LogP contribution in [0, 0.1) is 5.41 Å². The van der Waals surface area contributed by atoms with Gasteiger partial charge in [-0.15, -0.1) is 0 Å². The van der Waals surface area contributed by atoms with Crippen molar-refractivity contribution < 1.29 is 33.3 Å². The van der Waals surface area contributed by atoms with Crippen molar-refractivity contribution in [1.29, 1.82) is 0 Å². The number of aliphatic hydroxyl groups excluding tert-OH is 1. The largest absolute Gasteiger partial charge is 0.463 e. The van der Waals surface area contributed by atoms with Crippen LogP contribution in [0.25, 0.3) is 0 Å². The Balaban J connectivity index is 3.25. The second kappa shape index (κ2) is 9.28. The fourth-order valence-corrected chi connectivity index (χ4v) is 4.63. The molecule has 1 rings (SSSR count). The van der Waals surface area contributed by atoms with E-state index in [-0.39, 0.29) is 11.6 Å². The standard InChI is InChI=1S/C19H35IO7Si/c1-11(21)24-10-12-14(26-17(23)18(2,3)4)15(13(20)16(22)25-12)27-28(8,9)19(5,6)7/h12-16,22H,10H2,1-9H3/t12-,13-,14-,15-,16+/m1/s1. The fraction of sp³-hybridized carbons (Fsp3) is 0.895. The number of hydrogen-bond donors (Lipinski definition) is 1. The first kappa shape index (κ1) is 25.8. The van der Waals surface area contributed by atoms with Crippen LogP contribution in [-0.4, -0.2) is 60.5 Å². The number of halogens is 1. The van der Waals surface area contributed by atoms with Gasteiger partial charge in [-0.2, -0.15) is 0 Å². The van der Waals surface area contributed by atoms with Gasteiger partial charge in [-0.25, -0.2) is 0 Å². The molecule has 0 radical (unpaired) electrons. The number of carbonyl (C=O) groups excluding carboxylic acids is 2. The van der Waals surface area contributed by atoms with Gasteiger partial charge in [0, 0.05) is 6.92 Å². The van der Waals surface area contributed by atoms with Crippen LogP contribution in [0.5, 0.6) is 0 Å². The first-order chi connectivity index (χ1) is 12.5. The molecule has 1 aliphatic rings. The lowest BCUT2D eigenvalue weighted by Crippen LogP contribution is -2.62. The highest BCUT2D eigenvalue weighted by Crippen LogP contribution is 2.41. The smallest absolute Gasteiger partial charge is 0.311 e. The molecule has 0 spiro atoms. The second-order valence-corrected chi connectivity index (χ2v) is 16.0. The minimum atomic E-state index is -2.25. The highest BCUT2D eigenvalue weighted by molar-refractivity contribution is 14.1. The molecule has 0 unspecified atom stereocenters. The van der Waals surface area contributed by atoms with E-state index < -0.39 is 54.2 Å². The van der Waals surface area contributed by atoms with Crippen LogP contribution in [0.1, 0.15) is 48.5 Å². The number of rotatable bonds is 5. The molecule has 1 aliphatic heterocycles. The lowest BCUT2D eigenvalue weighted by molar-refractivity contribution is -0.243. The number of aliphatic hydroxyl groups is 1. The van der Waals surface area contributed by atoms with Crippen LogP contribution in [0.3, 0.4) is 0 Å². The van der Waals surface area contributed by atoms with Gasteiger partial charge in [0.2, 0.25) is 0 Å². The van der Waals surface area contributed by atoms with Crippen molar-refractivity contribution in [3.63, 3.8) is 0 Å². The Morgan fingerprint density at radius 2 is 1.64 bits per heavy atom. The van der Waals surface area contributed by atoms with E-state index in [9.17, 15) is 14.7 Å². The molecule has 7 nitrogen and oxygen atoms in total. The average molecular weight is 530 g/mol. The fourth-order valence-electron chi connectivity index (χ4n) is 2.31. The van der Waals surface area contributed by atoms with Gasteiger partial charge in [0.25, 0.3) is 0 Å². The molecule has 9 heteroatoms. The topological polar surface area (TPSA) is 91.3 Å². The zero-order chi connectivity index (χ0) is 22.1. The highest BCUT2D eigenvalue weighted by Gasteiger charge is 2.52. The number of hydrogen-bond acceptors (Lipinski definition) is 7. The van der Waals surface area contributed by atoms with E-state index in [2.05, 4.69) is 56.5 Å². The van der Waals surface area contributed by atoms with Crippen LogP contribution >= 0.6 is 22.6 Å². The summed E-state index contributed by atoms with van der Waals surface area (Å²) >= 11 is 2.07.